The number of hydrogen-bond donors (Lipinski definition) is 0. The average molecular weight is 342 g/mol. The van der Waals surface area contributed by atoms with Crippen LogP contribution in [-0.2, 0) is 13.0 Å². The van der Waals surface area contributed by atoms with Crippen molar-refractivity contribution in [2.24, 2.45) is 0 Å². The van der Waals surface area contributed by atoms with Crippen LogP contribution in [0.15, 0.2) is 30.3 Å². The summed E-state index contributed by atoms with van der Waals surface area (Å²) < 4.78 is 1.79. The normalized spacial score (nSPS) is 12.7. The first kappa shape index (κ1) is 16.7. The van der Waals surface area contributed by atoms with Gasteiger partial charge in [-0.1, -0.05) is 25.1 Å². The highest BCUT2D eigenvalue weighted by Gasteiger charge is 2.20. The SMILES string of the molecule is CCc1nc(C)c(C(C)N(C)Cc2nnnn2-c2ccccc2)s1. The van der Waals surface area contributed by atoms with Gasteiger partial charge in [0.2, 0.25) is 0 Å². The molecule has 0 aliphatic rings. The summed E-state index contributed by atoms with van der Waals surface area (Å²) in [5.74, 6) is 0.827. The van der Waals surface area contributed by atoms with Gasteiger partial charge in [0.1, 0.15) is 0 Å². The second-order valence-electron chi connectivity index (χ2n) is 5.84. The predicted octanol–water partition coefficient (Wildman–Crippen LogP) is 3.18. The van der Waals surface area contributed by atoms with Gasteiger partial charge in [0.15, 0.2) is 5.82 Å². The Hall–Kier alpha value is -2.12. The highest BCUT2D eigenvalue weighted by Crippen LogP contribution is 2.29. The van der Waals surface area contributed by atoms with E-state index in [9.17, 15) is 0 Å². The first-order valence-corrected chi connectivity index (χ1v) is 8.91. The molecule has 3 aromatic rings. The van der Waals surface area contributed by atoms with E-state index < -0.39 is 0 Å². The Balaban J connectivity index is 1.79. The predicted molar refractivity (Wildman–Crippen MR) is 95.3 cm³/mol. The highest BCUT2D eigenvalue weighted by atomic mass is 32.1. The van der Waals surface area contributed by atoms with Gasteiger partial charge in [-0.25, -0.2) is 4.98 Å². The van der Waals surface area contributed by atoms with Crippen LogP contribution in [0.3, 0.4) is 0 Å². The third kappa shape index (κ3) is 3.37. The Morgan fingerprint density at radius 2 is 2.00 bits per heavy atom. The molecule has 2 aromatic heterocycles. The fraction of sp³-hybridized carbons (Fsp3) is 0.412. The first-order valence-electron chi connectivity index (χ1n) is 8.09. The molecule has 0 saturated heterocycles. The van der Waals surface area contributed by atoms with Crippen molar-refractivity contribution in [1.82, 2.24) is 30.1 Å². The largest absolute Gasteiger partial charge is 0.291 e. The van der Waals surface area contributed by atoms with Crippen molar-refractivity contribution in [2.45, 2.75) is 39.8 Å². The third-order valence-electron chi connectivity index (χ3n) is 4.15. The lowest BCUT2D eigenvalue weighted by Crippen LogP contribution is -2.24. The van der Waals surface area contributed by atoms with Crippen LogP contribution in [0, 0.1) is 6.92 Å². The second-order valence-corrected chi connectivity index (χ2v) is 6.96. The van der Waals surface area contributed by atoms with Crippen LogP contribution in [0.2, 0.25) is 0 Å². The molecule has 6 nitrogen and oxygen atoms in total. The zero-order valence-electron chi connectivity index (χ0n) is 14.5. The summed E-state index contributed by atoms with van der Waals surface area (Å²) in [5, 5.41) is 13.4. The number of hydrogen-bond acceptors (Lipinski definition) is 6. The molecule has 126 valence electrons. The molecule has 1 unspecified atom stereocenters. The summed E-state index contributed by atoms with van der Waals surface area (Å²) in [4.78, 5) is 8.21. The lowest BCUT2D eigenvalue weighted by molar-refractivity contribution is 0.247. The molecular formula is C17H22N6S. The molecule has 7 heteroatoms. The number of nitrogens with zero attached hydrogens (tertiary/aromatic N) is 6. The fourth-order valence-corrected chi connectivity index (χ4v) is 3.76. The lowest BCUT2D eigenvalue weighted by Gasteiger charge is -2.23. The van der Waals surface area contributed by atoms with E-state index in [4.69, 9.17) is 0 Å². The maximum absolute atomic E-state index is 4.64. The van der Waals surface area contributed by atoms with Crippen LogP contribution in [0.5, 0.6) is 0 Å². The molecule has 0 spiro atoms. The van der Waals surface area contributed by atoms with Gasteiger partial charge in [0, 0.05) is 10.9 Å². The molecule has 2 heterocycles. The van der Waals surface area contributed by atoms with E-state index in [-0.39, 0.29) is 6.04 Å². The van der Waals surface area contributed by atoms with Gasteiger partial charge in [-0.3, -0.25) is 4.90 Å². The summed E-state index contributed by atoms with van der Waals surface area (Å²) in [7, 11) is 2.10. The topological polar surface area (TPSA) is 59.7 Å². The van der Waals surface area contributed by atoms with Crippen LogP contribution >= 0.6 is 11.3 Å². The Morgan fingerprint density at radius 3 is 2.67 bits per heavy atom. The summed E-state index contributed by atoms with van der Waals surface area (Å²) in [6.45, 7) is 7.10. The van der Waals surface area contributed by atoms with Gasteiger partial charge in [-0.15, -0.1) is 16.4 Å². The molecule has 0 bridgehead atoms. The molecule has 0 N–H and O–H groups in total. The smallest absolute Gasteiger partial charge is 0.170 e. The highest BCUT2D eigenvalue weighted by molar-refractivity contribution is 7.11. The average Bonchev–Trinajstić information content (AvgIpc) is 3.21. The van der Waals surface area contributed by atoms with Crippen molar-refractivity contribution in [3.05, 3.63) is 51.7 Å². The molecule has 0 aliphatic carbocycles. The second kappa shape index (κ2) is 7.19. The number of para-hydroxylation sites is 1. The third-order valence-corrected chi connectivity index (χ3v) is 5.62. The Bertz CT molecular complexity index is 795. The maximum atomic E-state index is 4.64. The molecule has 1 atom stereocenters. The van der Waals surface area contributed by atoms with Crippen LogP contribution in [0.1, 0.15) is 41.3 Å². The van der Waals surface area contributed by atoms with Gasteiger partial charge in [0.25, 0.3) is 0 Å². The van der Waals surface area contributed by atoms with E-state index in [0.717, 1.165) is 23.6 Å². The van der Waals surface area contributed by atoms with Gasteiger partial charge in [-0.2, -0.15) is 4.68 Å². The summed E-state index contributed by atoms with van der Waals surface area (Å²) >= 11 is 1.80. The van der Waals surface area contributed by atoms with Gasteiger partial charge in [-0.05, 0) is 49.9 Å². The Kier molecular flexibility index (Phi) is 5.01. The number of tetrazole rings is 1. The maximum Gasteiger partial charge on any atom is 0.170 e. The molecule has 0 amide bonds. The molecular weight excluding hydrogens is 320 g/mol. The van der Waals surface area contributed by atoms with Crippen LogP contribution < -0.4 is 0 Å². The summed E-state index contributed by atoms with van der Waals surface area (Å²) in [6.07, 6.45) is 0.980. The van der Waals surface area contributed by atoms with Crippen molar-refractivity contribution >= 4 is 11.3 Å². The van der Waals surface area contributed by atoms with Gasteiger partial charge >= 0.3 is 0 Å². The van der Waals surface area contributed by atoms with Gasteiger partial charge < -0.3 is 0 Å². The van der Waals surface area contributed by atoms with Crippen LogP contribution in [0.25, 0.3) is 5.69 Å². The van der Waals surface area contributed by atoms with Crippen molar-refractivity contribution in [1.29, 1.82) is 0 Å². The standard InChI is InChI=1S/C17H22N6S/c1-5-16-18-12(2)17(24-16)13(3)22(4)11-15-19-20-21-23(15)14-9-7-6-8-10-14/h6-10,13H,5,11H2,1-4H3. The van der Waals surface area contributed by atoms with Gasteiger partial charge in [0.05, 0.1) is 22.9 Å². The first-order chi connectivity index (χ1) is 11.6. The number of aryl methyl sites for hydroxylation is 2. The van der Waals surface area contributed by atoms with Crippen molar-refractivity contribution < 1.29 is 0 Å². The van der Waals surface area contributed by atoms with E-state index in [1.54, 1.807) is 16.0 Å². The molecule has 0 fully saturated rings. The molecule has 0 aliphatic heterocycles. The monoisotopic (exact) mass is 342 g/mol. The minimum absolute atomic E-state index is 0.267. The van der Waals surface area contributed by atoms with Crippen LogP contribution in [0.4, 0.5) is 0 Å². The summed E-state index contributed by atoms with van der Waals surface area (Å²) in [5.41, 5.74) is 2.10. The van der Waals surface area contributed by atoms with Crippen molar-refractivity contribution in [3.63, 3.8) is 0 Å². The number of rotatable bonds is 6. The quantitative estimate of drug-likeness (QED) is 0.688. The fourth-order valence-electron chi connectivity index (χ4n) is 2.64. The van der Waals surface area contributed by atoms with E-state index in [0.29, 0.717) is 6.54 Å². The lowest BCUT2D eigenvalue weighted by atomic mass is 10.2. The van der Waals surface area contributed by atoms with Crippen molar-refractivity contribution in [3.8, 4) is 5.69 Å². The number of thiazole rings is 1. The molecule has 1 aromatic carbocycles. The molecule has 24 heavy (non-hydrogen) atoms. The Labute approximate surface area is 146 Å². The zero-order valence-corrected chi connectivity index (χ0v) is 15.3. The minimum atomic E-state index is 0.267. The van der Waals surface area contributed by atoms with E-state index >= 15 is 0 Å². The number of aromatic nitrogens is 5. The molecule has 3 rings (SSSR count). The van der Waals surface area contributed by atoms with E-state index in [1.165, 1.54) is 9.88 Å². The van der Waals surface area contributed by atoms with E-state index in [2.05, 4.69) is 53.2 Å². The molecule has 0 saturated carbocycles. The summed E-state index contributed by atoms with van der Waals surface area (Å²) in [6, 6.07) is 10.2. The Morgan fingerprint density at radius 1 is 1.25 bits per heavy atom. The van der Waals surface area contributed by atoms with E-state index in [1.807, 2.05) is 30.3 Å². The van der Waals surface area contributed by atoms with Crippen LogP contribution in [-0.4, -0.2) is 37.1 Å². The van der Waals surface area contributed by atoms with Crippen molar-refractivity contribution in [2.75, 3.05) is 7.05 Å². The number of benzene rings is 1. The minimum Gasteiger partial charge on any atom is -0.291 e. The molecule has 0 radical (unpaired) electrons. The zero-order chi connectivity index (χ0) is 17.1.